The number of hydrogen-bond donors (Lipinski definition) is 2. The lowest BCUT2D eigenvalue weighted by Crippen LogP contribution is -2.24. The summed E-state index contributed by atoms with van der Waals surface area (Å²) in [6.45, 7) is 8.09. The smallest absolute Gasteiger partial charge is 0.170 e. The highest BCUT2D eigenvalue weighted by Gasteiger charge is 2.24. The van der Waals surface area contributed by atoms with Gasteiger partial charge in [0.15, 0.2) is 11.5 Å². The van der Waals surface area contributed by atoms with Gasteiger partial charge in [0.2, 0.25) is 0 Å². The van der Waals surface area contributed by atoms with Crippen molar-refractivity contribution in [1.29, 1.82) is 0 Å². The van der Waals surface area contributed by atoms with Crippen molar-refractivity contribution in [3.63, 3.8) is 0 Å². The largest absolute Gasteiger partial charge is 0.367 e. The summed E-state index contributed by atoms with van der Waals surface area (Å²) in [5, 5.41) is 16.6. The van der Waals surface area contributed by atoms with Gasteiger partial charge in [-0.3, -0.25) is 0 Å². The summed E-state index contributed by atoms with van der Waals surface area (Å²) >= 11 is 13.0. The maximum atomic E-state index is 13.6. The molecule has 4 aromatic rings. The Morgan fingerprint density at radius 2 is 1.90 bits per heavy atom. The van der Waals surface area contributed by atoms with E-state index in [1.807, 2.05) is 6.92 Å². The normalized spacial score (nSPS) is 12.7. The number of aryl methyl sites for hydroxylation is 1. The summed E-state index contributed by atoms with van der Waals surface area (Å²) in [5.74, 6) is 1.73. The number of aromatic nitrogens is 6. The van der Waals surface area contributed by atoms with E-state index in [4.69, 9.17) is 23.2 Å². The Labute approximate surface area is 182 Å². The molecule has 0 aliphatic rings. The second-order valence-corrected chi connectivity index (χ2v) is 8.25. The number of nitrogens with one attached hydrogen (secondary N) is 2. The number of rotatable bonds is 5. The molecule has 30 heavy (non-hydrogen) atoms. The van der Waals surface area contributed by atoms with Gasteiger partial charge >= 0.3 is 0 Å². The van der Waals surface area contributed by atoms with Gasteiger partial charge in [0, 0.05) is 11.6 Å². The Kier molecular flexibility index (Phi) is 5.38. The number of fused-ring (bicyclic) bond motifs is 1. The quantitative estimate of drug-likeness (QED) is 0.400. The van der Waals surface area contributed by atoms with Crippen LogP contribution in [-0.2, 0) is 0 Å². The lowest BCUT2D eigenvalue weighted by atomic mass is 10.0. The maximum absolute atomic E-state index is 13.6. The second kappa shape index (κ2) is 7.85. The zero-order valence-corrected chi connectivity index (χ0v) is 18.3. The monoisotopic (exact) mass is 447 g/mol. The topological polar surface area (TPSA) is 83.8 Å². The second-order valence-electron chi connectivity index (χ2n) is 7.48. The number of nitrogens with zero attached hydrogens (tertiary/aromatic N) is 5. The molecule has 0 saturated carbocycles. The summed E-state index contributed by atoms with van der Waals surface area (Å²) < 4.78 is 15.3. The summed E-state index contributed by atoms with van der Waals surface area (Å²) in [6, 6.07) is 4.26. The number of anilines is 1. The number of hydrogen-bond acceptors (Lipinski definition) is 5. The Bertz CT molecular complexity index is 1230. The van der Waals surface area contributed by atoms with Gasteiger partial charge in [-0.2, -0.15) is 9.61 Å². The molecule has 3 heterocycles. The minimum atomic E-state index is -0.430. The van der Waals surface area contributed by atoms with Crippen molar-refractivity contribution in [3.8, 4) is 22.5 Å². The highest BCUT2D eigenvalue weighted by atomic mass is 35.5. The molecule has 1 aromatic carbocycles. The SMILES string of the molecule is Cc1nnc(-c2cnn3c(NC(C)C(C)C)c(-c4ccc(F)cc4Cl)c(Cl)nc23)[nH]1. The molecule has 156 valence electrons. The van der Waals surface area contributed by atoms with Crippen LogP contribution in [0.5, 0.6) is 0 Å². The van der Waals surface area contributed by atoms with Crippen LogP contribution < -0.4 is 5.32 Å². The van der Waals surface area contributed by atoms with E-state index in [2.05, 4.69) is 51.4 Å². The van der Waals surface area contributed by atoms with Gasteiger partial charge in [0.05, 0.1) is 22.3 Å². The van der Waals surface area contributed by atoms with E-state index in [-0.39, 0.29) is 16.2 Å². The highest BCUT2D eigenvalue weighted by Crippen LogP contribution is 2.40. The third kappa shape index (κ3) is 3.61. The van der Waals surface area contributed by atoms with Crippen molar-refractivity contribution in [1.82, 2.24) is 29.8 Å². The predicted octanol–water partition coefficient (Wildman–Crippen LogP) is 5.39. The Morgan fingerprint density at radius 3 is 2.53 bits per heavy atom. The minimum absolute atomic E-state index is 0.0878. The fourth-order valence-electron chi connectivity index (χ4n) is 3.05. The van der Waals surface area contributed by atoms with Crippen molar-refractivity contribution in [2.24, 2.45) is 5.92 Å². The van der Waals surface area contributed by atoms with Gasteiger partial charge in [0.1, 0.15) is 22.6 Å². The van der Waals surface area contributed by atoms with Crippen LogP contribution in [0.15, 0.2) is 24.4 Å². The zero-order chi connectivity index (χ0) is 21.6. The van der Waals surface area contributed by atoms with Crippen LogP contribution in [-0.4, -0.2) is 35.8 Å². The maximum Gasteiger partial charge on any atom is 0.170 e. The molecule has 0 fully saturated rings. The molecule has 0 amide bonds. The number of H-pyrrole nitrogens is 1. The van der Waals surface area contributed by atoms with E-state index >= 15 is 0 Å². The van der Waals surface area contributed by atoms with Gasteiger partial charge < -0.3 is 10.3 Å². The molecule has 3 aromatic heterocycles. The molecular weight excluding hydrogens is 428 g/mol. The molecular formula is C20H20Cl2FN7. The van der Waals surface area contributed by atoms with Crippen molar-refractivity contribution in [2.45, 2.75) is 33.7 Å². The third-order valence-electron chi connectivity index (χ3n) is 5.02. The van der Waals surface area contributed by atoms with Gasteiger partial charge in [-0.25, -0.2) is 9.37 Å². The molecule has 0 radical (unpaired) electrons. The predicted molar refractivity (Wildman–Crippen MR) is 116 cm³/mol. The number of aromatic amines is 1. The number of halogens is 3. The fourth-order valence-corrected chi connectivity index (χ4v) is 3.58. The van der Waals surface area contributed by atoms with Crippen LogP contribution in [0, 0.1) is 18.7 Å². The van der Waals surface area contributed by atoms with E-state index < -0.39 is 5.82 Å². The van der Waals surface area contributed by atoms with Crippen molar-refractivity contribution >= 4 is 34.7 Å². The first-order chi connectivity index (χ1) is 14.3. The summed E-state index contributed by atoms with van der Waals surface area (Å²) in [5.41, 5.74) is 2.28. The zero-order valence-electron chi connectivity index (χ0n) is 16.8. The fraction of sp³-hybridized carbons (Fsp3) is 0.300. The molecule has 0 saturated heterocycles. The highest BCUT2D eigenvalue weighted by molar-refractivity contribution is 6.36. The van der Waals surface area contributed by atoms with Crippen LogP contribution in [0.1, 0.15) is 26.6 Å². The van der Waals surface area contributed by atoms with E-state index in [0.29, 0.717) is 45.7 Å². The van der Waals surface area contributed by atoms with Crippen molar-refractivity contribution < 1.29 is 4.39 Å². The molecule has 7 nitrogen and oxygen atoms in total. The van der Waals surface area contributed by atoms with Crippen LogP contribution >= 0.6 is 23.2 Å². The Hall–Kier alpha value is -2.71. The standard InChI is InChI=1S/C20H20Cl2FN7/c1-9(2)10(3)25-20-16(13-6-5-12(23)7-15(13)21)17(22)27-19-14(8-24-30(19)20)18-26-11(4)28-29-18/h5-10,25H,1-4H3,(H,26,28,29). The molecule has 1 unspecified atom stereocenters. The summed E-state index contributed by atoms with van der Waals surface area (Å²) in [4.78, 5) is 7.65. The Balaban J connectivity index is 2.00. The minimum Gasteiger partial charge on any atom is -0.367 e. The molecule has 0 aliphatic heterocycles. The van der Waals surface area contributed by atoms with Crippen LogP contribution in [0.3, 0.4) is 0 Å². The van der Waals surface area contributed by atoms with Gasteiger partial charge in [-0.15, -0.1) is 10.2 Å². The lowest BCUT2D eigenvalue weighted by molar-refractivity contribution is 0.556. The molecule has 0 spiro atoms. The Morgan fingerprint density at radius 1 is 1.13 bits per heavy atom. The molecule has 1 atom stereocenters. The van der Waals surface area contributed by atoms with Gasteiger partial charge in [-0.1, -0.05) is 37.0 Å². The first-order valence-corrected chi connectivity index (χ1v) is 10.2. The average Bonchev–Trinajstić information content (AvgIpc) is 3.28. The van der Waals surface area contributed by atoms with Gasteiger partial charge in [0.25, 0.3) is 0 Å². The number of benzene rings is 1. The summed E-state index contributed by atoms with van der Waals surface area (Å²) in [6.07, 6.45) is 1.65. The van der Waals surface area contributed by atoms with Crippen LogP contribution in [0.2, 0.25) is 10.2 Å². The van der Waals surface area contributed by atoms with Crippen LogP contribution in [0.25, 0.3) is 28.2 Å². The van der Waals surface area contributed by atoms with Crippen molar-refractivity contribution in [2.75, 3.05) is 5.32 Å². The molecule has 2 N–H and O–H groups in total. The molecule has 4 rings (SSSR count). The third-order valence-corrected chi connectivity index (χ3v) is 5.61. The molecule has 0 bridgehead atoms. The lowest BCUT2D eigenvalue weighted by Gasteiger charge is -2.22. The summed E-state index contributed by atoms with van der Waals surface area (Å²) in [7, 11) is 0. The van der Waals surface area contributed by atoms with E-state index in [1.165, 1.54) is 12.1 Å². The van der Waals surface area contributed by atoms with Gasteiger partial charge in [-0.05, 0) is 38.0 Å². The van der Waals surface area contributed by atoms with E-state index in [9.17, 15) is 4.39 Å². The average molecular weight is 448 g/mol. The van der Waals surface area contributed by atoms with E-state index in [0.717, 1.165) is 0 Å². The molecule has 0 aliphatic carbocycles. The van der Waals surface area contributed by atoms with Crippen LogP contribution in [0.4, 0.5) is 10.2 Å². The van der Waals surface area contributed by atoms with E-state index in [1.54, 1.807) is 16.8 Å². The first kappa shape index (κ1) is 20.6. The molecule has 10 heteroatoms. The first-order valence-electron chi connectivity index (χ1n) is 9.45. The van der Waals surface area contributed by atoms with Crippen molar-refractivity contribution in [3.05, 3.63) is 46.2 Å².